The van der Waals surface area contributed by atoms with Gasteiger partial charge in [0.15, 0.2) is 0 Å². The summed E-state index contributed by atoms with van der Waals surface area (Å²) in [6, 6.07) is 4.64. The second-order valence-electron chi connectivity index (χ2n) is 14.6. The molecule has 0 radical (unpaired) electrons. The molecule has 2 heteroatoms. The van der Waals surface area contributed by atoms with Crippen LogP contribution in [0.5, 0.6) is 5.75 Å². The average molecular weight is 575 g/mol. The number of hydrogen-bond acceptors (Lipinski definition) is 2. The fraction of sp³-hybridized carbons (Fsp3) is 0.842. The molecule has 234 valence electrons. The molecular formula is C38H70OS. The van der Waals surface area contributed by atoms with Gasteiger partial charge in [-0.3, -0.25) is 0 Å². The van der Waals surface area contributed by atoms with E-state index in [1.165, 1.54) is 151 Å². The Bertz CT molecular complexity index is 699. The van der Waals surface area contributed by atoms with Gasteiger partial charge in [0.25, 0.3) is 0 Å². The van der Waals surface area contributed by atoms with Gasteiger partial charge >= 0.3 is 0 Å². The molecule has 0 atom stereocenters. The first-order valence-electron chi connectivity index (χ1n) is 17.6. The predicted octanol–water partition coefficient (Wildman–Crippen LogP) is 13.6. The van der Waals surface area contributed by atoms with Gasteiger partial charge < -0.3 is 5.11 Å². The largest absolute Gasteiger partial charge is 0.507 e. The minimum Gasteiger partial charge on any atom is -0.507 e. The van der Waals surface area contributed by atoms with Gasteiger partial charge in [-0.15, -0.1) is 11.8 Å². The number of aromatic hydroxyl groups is 1. The van der Waals surface area contributed by atoms with Crippen molar-refractivity contribution in [3.8, 4) is 5.75 Å². The summed E-state index contributed by atoms with van der Waals surface area (Å²) in [5, 5.41) is 11.3. The lowest BCUT2D eigenvalue weighted by Crippen LogP contribution is -2.23. The van der Waals surface area contributed by atoms with Crippen molar-refractivity contribution < 1.29 is 5.11 Å². The monoisotopic (exact) mass is 575 g/mol. The minimum atomic E-state index is 0.179. The first-order chi connectivity index (χ1) is 19.1. The Morgan fingerprint density at radius 2 is 0.850 bits per heavy atom. The molecule has 0 unspecified atom stereocenters. The molecule has 1 rings (SSSR count). The number of hydrogen-bond donors (Lipinski definition) is 1. The molecule has 0 spiro atoms. The molecule has 1 nitrogen and oxygen atoms in total. The van der Waals surface area contributed by atoms with E-state index in [1.807, 2.05) is 11.8 Å². The van der Waals surface area contributed by atoms with Crippen molar-refractivity contribution in [1.29, 1.82) is 0 Å². The van der Waals surface area contributed by atoms with Crippen LogP contribution in [0.4, 0.5) is 0 Å². The summed E-state index contributed by atoms with van der Waals surface area (Å²) < 4.78 is 0.179. The highest BCUT2D eigenvalue weighted by atomic mass is 32.2. The minimum absolute atomic E-state index is 0.179. The zero-order valence-corrected chi connectivity index (χ0v) is 29.1. The highest BCUT2D eigenvalue weighted by molar-refractivity contribution is 8.00. The van der Waals surface area contributed by atoms with Gasteiger partial charge in [-0.1, -0.05) is 164 Å². The van der Waals surface area contributed by atoms with Crippen molar-refractivity contribution in [3.63, 3.8) is 0 Å². The molecule has 0 amide bonds. The molecule has 0 saturated carbocycles. The zero-order valence-electron chi connectivity index (χ0n) is 28.3. The summed E-state index contributed by atoms with van der Waals surface area (Å²) in [6.07, 6.45) is 30.3. The van der Waals surface area contributed by atoms with Crippen molar-refractivity contribution in [2.45, 2.75) is 206 Å². The molecule has 0 aliphatic carbocycles. The van der Waals surface area contributed by atoms with Crippen molar-refractivity contribution in [2.75, 3.05) is 0 Å². The van der Waals surface area contributed by atoms with E-state index >= 15 is 0 Å². The summed E-state index contributed by atoms with van der Waals surface area (Å²) >= 11 is 2.02. The van der Waals surface area contributed by atoms with Crippen LogP contribution in [-0.2, 0) is 12.8 Å². The molecule has 1 aromatic rings. The number of benzene rings is 1. The maximum Gasteiger partial charge on any atom is 0.122 e. The van der Waals surface area contributed by atoms with Crippen LogP contribution in [0.3, 0.4) is 0 Å². The van der Waals surface area contributed by atoms with Crippen LogP contribution in [0.2, 0.25) is 0 Å². The van der Waals surface area contributed by atoms with Gasteiger partial charge in [0.05, 0.1) is 0 Å². The number of aryl methyl sites for hydroxylation is 2. The van der Waals surface area contributed by atoms with Crippen LogP contribution in [0.1, 0.15) is 194 Å². The fourth-order valence-electron chi connectivity index (χ4n) is 6.41. The maximum absolute atomic E-state index is 11.3. The number of phenols is 1. The second kappa shape index (κ2) is 22.0. The summed E-state index contributed by atoms with van der Waals surface area (Å²) in [7, 11) is 0. The summed E-state index contributed by atoms with van der Waals surface area (Å²) in [5.74, 6) is 0.602. The molecular weight excluding hydrogens is 504 g/mol. The molecule has 0 saturated heterocycles. The van der Waals surface area contributed by atoms with Crippen LogP contribution in [-0.4, -0.2) is 9.85 Å². The number of rotatable bonds is 25. The van der Waals surface area contributed by atoms with Crippen molar-refractivity contribution >= 4 is 11.8 Å². The molecule has 0 heterocycles. The number of phenolic OH excluding ortho intramolecular Hbond substituents is 1. The van der Waals surface area contributed by atoms with E-state index in [2.05, 4.69) is 60.6 Å². The van der Waals surface area contributed by atoms with E-state index in [0.29, 0.717) is 11.2 Å². The lowest BCUT2D eigenvalue weighted by Gasteiger charge is -2.32. The van der Waals surface area contributed by atoms with Crippen LogP contribution >= 0.6 is 11.8 Å². The van der Waals surface area contributed by atoms with Gasteiger partial charge in [0.1, 0.15) is 5.75 Å². The Kier molecular flexibility index (Phi) is 20.6. The van der Waals surface area contributed by atoms with E-state index in [1.54, 1.807) is 0 Å². The van der Waals surface area contributed by atoms with Crippen LogP contribution in [0.25, 0.3) is 0 Å². The standard InChI is InChI=1S/C38H70OS/c1-8-10-12-14-16-18-20-22-24-26-28-33-30-35(40-38(6,7)32-37(3,4)5)31-34(36(33)39)29-27-25-23-21-19-17-15-13-11-9-2/h30-31,39H,8-29,32H2,1-7H3. The third-order valence-corrected chi connectivity index (χ3v) is 9.36. The third-order valence-electron chi connectivity index (χ3n) is 8.19. The Morgan fingerprint density at radius 3 is 1.18 bits per heavy atom. The lowest BCUT2D eigenvalue weighted by molar-refractivity contribution is 0.339. The molecule has 40 heavy (non-hydrogen) atoms. The van der Waals surface area contributed by atoms with E-state index in [0.717, 1.165) is 12.8 Å². The Morgan fingerprint density at radius 1 is 0.525 bits per heavy atom. The van der Waals surface area contributed by atoms with Crippen molar-refractivity contribution in [3.05, 3.63) is 23.3 Å². The highest BCUT2D eigenvalue weighted by Crippen LogP contribution is 2.43. The first-order valence-corrected chi connectivity index (χ1v) is 18.4. The quantitative estimate of drug-likeness (QED) is 0.0925. The Balaban J connectivity index is 2.63. The summed E-state index contributed by atoms with van der Waals surface area (Å²) in [4.78, 5) is 1.36. The van der Waals surface area contributed by atoms with Gasteiger partial charge in [-0.2, -0.15) is 0 Å². The zero-order chi connectivity index (χ0) is 29.7. The van der Waals surface area contributed by atoms with Crippen molar-refractivity contribution in [1.82, 2.24) is 0 Å². The molecule has 1 N–H and O–H groups in total. The van der Waals surface area contributed by atoms with Gasteiger partial charge in [0, 0.05) is 9.64 Å². The van der Waals surface area contributed by atoms with Gasteiger partial charge in [0.2, 0.25) is 0 Å². The third kappa shape index (κ3) is 19.5. The highest BCUT2D eigenvalue weighted by Gasteiger charge is 2.27. The van der Waals surface area contributed by atoms with E-state index in [4.69, 9.17) is 0 Å². The van der Waals surface area contributed by atoms with E-state index < -0.39 is 0 Å². The van der Waals surface area contributed by atoms with E-state index in [9.17, 15) is 5.11 Å². The van der Waals surface area contributed by atoms with Crippen molar-refractivity contribution in [2.24, 2.45) is 5.41 Å². The van der Waals surface area contributed by atoms with Gasteiger partial charge in [-0.25, -0.2) is 0 Å². The number of unbranched alkanes of at least 4 members (excludes halogenated alkanes) is 18. The smallest absolute Gasteiger partial charge is 0.122 e. The molecule has 1 aromatic carbocycles. The Labute approximate surface area is 256 Å². The Hall–Kier alpha value is -0.630. The van der Waals surface area contributed by atoms with Crippen LogP contribution in [0.15, 0.2) is 17.0 Å². The predicted molar refractivity (Wildman–Crippen MR) is 183 cm³/mol. The summed E-state index contributed by atoms with van der Waals surface area (Å²) in [5.41, 5.74) is 2.70. The molecule has 0 aliphatic heterocycles. The molecule has 0 bridgehead atoms. The average Bonchev–Trinajstić information content (AvgIpc) is 2.86. The number of thioether (sulfide) groups is 1. The first kappa shape index (κ1) is 37.4. The van der Waals surface area contributed by atoms with E-state index in [-0.39, 0.29) is 4.75 Å². The molecule has 0 aliphatic rings. The van der Waals surface area contributed by atoms with Crippen LogP contribution < -0.4 is 0 Å². The molecule has 0 aromatic heterocycles. The lowest BCUT2D eigenvalue weighted by atomic mass is 9.86. The summed E-state index contributed by atoms with van der Waals surface area (Å²) in [6.45, 7) is 16.4. The van der Waals surface area contributed by atoms with Crippen LogP contribution in [0, 0.1) is 5.41 Å². The molecule has 0 fully saturated rings. The second-order valence-corrected chi connectivity index (χ2v) is 16.3. The maximum atomic E-state index is 11.3. The fourth-order valence-corrected chi connectivity index (χ4v) is 7.95. The topological polar surface area (TPSA) is 20.2 Å². The SMILES string of the molecule is CCCCCCCCCCCCc1cc(SC(C)(C)CC(C)(C)C)cc(CCCCCCCCCCCC)c1O. The normalized spacial score (nSPS) is 12.4. The van der Waals surface area contributed by atoms with Gasteiger partial charge in [-0.05, 0) is 60.8 Å².